The second-order valence-electron chi connectivity index (χ2n) is 4.13. The molecule has 1 aliphatic heterocycles. The number of hydrogen-bond acceptors (Lipinski definition) is 2. The first-order valence-corrected chi connectivity index (χ1v) is 6.22. The Morgan fingerprint density at radius 3 is 3.06 bits per heavy atom. The van der Waals surface area contributed by atoms with E-state index in [2.05, 4.69) is 27.8 Å². The Morgan fingerprint density at radius 1 is 1.56 bits per heavy atom. The third-order valence-corrected chi connectivity index (χ3v) is 3.39. The van der Waals surface area contributed by atoms with Crippen LogP contribution in [0.5, 0.6) is 0 Å². The van der Waals surface area contributed by atoms with Crippen LogP contribution in [0.1, 0.15) is 12.5 Å². The molecule has 0 spiro atoms. The maximum absolute atomic E-state index is 13.6. The summed E-state index contributed by atoms with van der Waals surface area (Å²) in [4.78, 5) is 2.25. The van der Waals surface area contributed by atoms with Crippen molar-refractivity contribution in [2.24, 2.45) is 0 Å². The number of rotatable bonds is 2. The molecule has 0 amide bonds. The standard InChI is InChI=1S/C12H15BrFNO/c1-9-8-16-5-4-15(9)7-10-2-3-11(13)6-12(10)14/h2-3,6,9H,4-5,7-8H2,1H3. The van der Waals surface area contributed by atoms with Gasteiger partial charge in [0, 0.05) is 29.2 Å². The molecular formula is C12H15BrFNO. The van der Waals surface area contributed by atoms with E-state index in [4.69, 9.17) is 4.74 Å². The fourth-order valence-corrected chi connectivity index (χ4v) is 2.20. The molecule has 0 aliphatic carbocycles. The van der Waals surface area contributed by atoms with Gasteiger partial charge in [0.05, 0.1) is 13.2 Å². The lowest BCUT2D eigenvalue weighted by atomic mass is 10.1. The molecule has 88 valence electrons. The van der Waals surface area contributed by atoms with Gasteiger partial charge in [-0.05, 0) is 19.1 Å². The van der Waals surface area contributed by atoms with Crippen LogP contribution in [0.25, 0.3) is 0 Å². The molecule has 0 bridgehead atoms. The van der Waals surface area contributed by atoms with Gasteiger partial charge >= 0.3 is 0 Å². The quantitative estimate of drug-likeness (QED) is 0.829. The first kappa shape index (κ1) is 12.0. The highest BCUT2D eigenvalue weighted by molar-refractivity contribution is 9.10. The van der Waals surface area contributed by atoms with E-state index in [-0.39, 0.29) is 5.82 Å². The Bertz CT molecular complexity index is 372. The van der Waals surface area contributed by atoms with Crippen LogP contribution in [-0.2, 0) is 11.3 Å². The van der Waals surface area contributed by atoms with Gasteiger partial charge in [0.25, 0.3) is 0 Å². The Hall–Kier alpha value is -0.450. The average Bonchev–Trinajstić information content (AvgIpc) is 2.25. The van der Waals surface area contributed by atoms with Gasteiger partial charge in [0.2, 0.25) is 0 Å². The van der Waals surface area contributed by atoms with Crippen LogP contribution in [0.15, 0.2) is 22.7 Å². The zero-order valence-electron chi connectivity index (χ0n) is 9.25. The predicted molar refractivity (Wildman–Crippen MR) is 64.8 cm³/mol. The molecule has 4 heteroatoms. The molecule has 1 unspecified atom stereocenters. The van der Waals surface area contributed by atoms with Crippen molar-refractivity contribution in [3.63, 3.8) is 0 Å². The lowest BCUT2D eigenvalue weighted by molar-refractivity contribution is -0.00480. The average molecular weight is 288 g/mol. The van der Waals surface area contributed by atoms with E-state index in [1.54, 1.807) is 0 Å². The van der Waals surface area contributed by atoms with Crippen LogP contribution in [-0.4, -0.2) is 30.7 Å². The topological polar surface area (TPSA) is 12.5 Å². The van der Waals surface area contributed by atoms with Crippen molar-refractivity contribution in [3.8, 4) is 0 Å². The summed E-state index contributed by atoms with van der Waals surface area (Å²) in [5, 5.41) is 0. The van der Waals surface area contributed by atoms with Crippen molar-refractivity contribution >= 4 is 15.9 Å². The van der Waals surface area contributed by atoms with Crippen molar-refractivity contribution < 1.29 is 9.13 Å². The van der Waals surface area contributed by atoms with E-state index in [1.807, 2.05) is 12.1 Å². The minimum Gasteiger partial charge on any atom is -0.379 e. The van der Waals surface area contributed by atoms with E-state index >= 15 is 0 Å². The monoisotopic (exact) mass is 287 g/mol. The largest absolute Gasteiger partial charge is 0.379 e. The summed E-state index contributed by atoms with van der Waals surface area (Å²) in [5.74, 6) is -0.145. The van der Waals surface area contributed by atoms with Gasteiger partial charge in [0.15, 0.2) is 0 Å². The number of benzene rings is 1. The number of nitrogens with zero attached hydrogens (tertiary/aromatic N) is 1. The van der Waals surface area contributed by atoms with Gasteiger partial charge in [0.1, 0.15) is 5.82 Å². The number of halogens is 2. The maximum Gasteiger partial charge on any atom is 0.128 e. The molecule has 0 N–H and O–H groups in total. The van der Waals surface area contributed by atoms with E-state index < -0.39 is 0 Å². The smallest absolute Gasteiger partial charge is 0.128 e. The van der Waals surface area contributed by atoms with Gasteiger partial charge < -0.3 is 4.74 Å². The normalized spacial score (nSPS) is 22.3. The summed E-state index contributed by atoms with van der Waals surface area (Å²) in [7, 11) is 0. The minimum atomic E-state index is -0.145. The molecule has 1 saturated heterocycles. The zero-order chi connectivity index (χ0) is 11.5. The minimum absolute atomic E-state index is 0.145. The van der Waals surface area contributed by atoms with Crippen molar-refractivity contribution in [2.45, 2.75) is 19.5 Å². The first-order chi connectivity index (χ1) is 7.66. The number of hydrogen-bond donors (Lipinski definition) is 0. The molecule has 1 aromatic carbocycles. The van der Waals surface area contributed by atoms with E-state index in [0.29, 0.717) is 12.6 Å². The molecule has 1 aliphatic rings. The lowest BCUT2D eigenvalue weighted by Gasteiger charge is -2.33. The maximum atomic E-state index is 13.6. The summed E-state index contributed by atoms with van der Waals surface area (Å²) in [6.07, 6.45) is 0. The van der Waals surface area contributed by atoms with Crippen LogP contribution in [0.2, 0.25) is 0 Å². The van der Waals surface area contributed by atoms with Crippen LogP contribution >= 0.6 is 15.9 Å². The van der Waals surface area contributed by atoms with Gasteiger partial charge in [-0.15, -0.1) is 0 Å². The predicted octanol–water partition coefficient (Wildman–Crippen LogP) is 2.81. The van der Waals surface area contributed by atoms with Gasteiger partial charge in [-0.3, -0.25) is 4.90 Å². The van der Waals surface area contributed by atoms with Crippen molar-refractivity contribution in [3.05, 3.63) is 34.1 Å². The Kier molecular flexibility index (Phi) is 3.95. The summed E-state index contributed by atoms with van der Waals surface area (Å²) in [5.41, 5.74) is 0.747. The van der Waals surface area contributed by atoms with E-state index in [1.165, 1.54) is 6.07 Å². The molecule has 1 aromatic rings. The molecule has 0 saturated carbocycles. The second-order valence-corrected chi connectivity index (χ2v) is 5.05. The molecule has 0 radical (unpaired) electrons. The summed E-state index contributed by atoms with van der Waals surface area (Å²) >= 11 is 3.26. The summed E-state index contributed by atoms with van der Waals surface area (Å²) < 4.78 is 19.8. The second kappa shape index (κ2) is 5.25. The van der Waals surface area contributed by atoms with Crippen LogP contribution < -0.4 is 0 Å². The number of morpholine rings is 1. The summed E-state index contributed by atoms with van der Waals surface area (Å²) in [6, 6.07) is 5.59. The highest BCUT2D eigenvalue weighted by Gasteiger charge is 2.19. The van der Waals surface area contributed by atoms with Gasteiger partial charge in [-0.25, -0.2) is 4.39 Å². The molecular weight excluding hydrogens is 273 g/mol. The third kappa shape index (κ3) is 2.81. The van der Waals surface area contributed by atoms with Crippen molar-refractivity contribution in [1.82, 2.24) is 4.90 Å². The third-order valence-electron chi connectivity index (χ3n) is 2.89. The molecule has 1 fully saturated rings. The van der Waals surface area contributed by atoms with Gasteiger partial charge in [-0.2, -0.15) is 0 Å². The van der Waals surface area contributed by atoms with Crippen molar-refractivity contribution in [2.75, 3.05) is 19.8 Å². The molecule has 1 atom stereocenters. The lowest BCUT2D eigenvalue weighted by Crippen LogP contribution is -2.43. The molecule has 2 nitrogen and oxygen atoms in total. The highest BCUT2D eigenvalue weighted by atomic mass is 79.9. The van der Waals surface area contributed by atoms with Crippen LogP contribution in [0.3, 0.4) is 0 Å². The molecule has 0 aromatic heterocycles. The number of ether oxygens (including phenoxy) is 1. The first-order valence-electron chi connectivity index (χ1n) is 5.42. The van der Waals surface area contributed by atoms with E-state index in [9.17, 15) is 4.39 Å². The molecule has 2 rings (SSSR count). The SMILES string of the molecule is CC1COCCN1Cc1ccc(Br)cc1F. The van der Waals surface area contributed by atoms with E-state index in [0.717, 1.165) is 29.8 Å². The van der Waals surface area contributed by atoms with Crippen LogP contribution in [0, 0.1) is 5.82 Å². The Balaban J connectivity index is 2.07. The Labute approximate surface area is 104 Å². The van der Waals surface area contributed by atoms with Gasteiger partial charge in [-0.1, -0.05) is 22.0 Å². The fraction of sp³-hybridized carbons (Fsp3) is 0.500. The van der Waals surface area contributed by atoms with Crippen LogP contribution in [0.4, 0.5) is 4.39 Å². The summed E-state index contributed by atoms with van der Waals surface area (Å²) in [6.45, 7) is 5.11. The van der Waals surface area contributed by atoms with Crippen molar-refractivity contribution in [1.29, 1.82) is 0 Å². The Morgan fingerprint density at radius 2 is 2.38 bits per heavy atom. The zero-order valence-corrected chi connectivity index (χ0v) is 10.8. The molecule has 16 heavy (non-hydrogen) atoms. The molecule has 1 heterocycles. The fourth-order valence-electron chi connectivity index (χ4n) is 1.87. The highest BCUT2D eigenvalue weighted by Crippen LogP contribution is 2.18.